The summed E-state index contributed by atoms with van der Waals surface area (Å²) in [5.41, 5.74) is 0.441. The molecule has 82 valence electrons. The average Bonchev–Trinajstić information content (AvgIpc) is 2.73. The Morgan fingerprint density at radius 1 is 1.67 bits per heavy atom. The smallest absolute Gasteiger partial charge is 0.211 e. The number of carbonyl (C=O) groups excluding carboxylic acids is 1. The maximum atomic E-state index is 12.0. The first kappa shape index (κ1) is 10.6. The van der Waals surface area contributed by atoms with Gasteiger partial charge in [0.2, 0.25) is 5.78 Å². The molecule has 0 bridgehead atoms. The van der Waals surface area contributed by atoms with E-state index in [1.807, 2.05) is 6.92 Å². The second-order valence-electron chi connectivity index (χ2n) is 3.84. The first-order valence-electron chi connectivity index (χ1n) is 4.96. The van der Waals surface area contributed by atoms with Crippen molar-refractivity contribution in [2.75, 3.05) is 0 Å². The molecule has 0 N–H and O–H groups in total. The highest BCUT2D eigenvalue weighted by Gasteiger charge is 2.31. The summed E-state index contributed by atoms with van der Waals surface area (Å²) < 4.78 is 7.00. The third-order valence-corrected chi connectivity index (χ3v) is 2.93. The number of Topliss-reactive ketones (excluding diaryl/α,β-unsaturated/α-hetero) is 1. The molecule has 2 rings (SSSR count). The first-order chi connectivity index (χ1) is 7.09. The molecule has 1 aromatic heterocycles. The highest BCUT2D eigenvalue weighted by Crippen LogP contribution is 2.25. The van der Waals surface area contributed by atoms with Gasteiger partial charge >= 0.3 is 0 Å². The van der Waals surface area contributed by atoms with Crippen molar-refractivity contribution >= 4 is 17.4 Å². The molecule has 1 aromatic rings. The van der Waals surface area contributed by atoms with E-state index in [-0.39, 0.29) is 18.0 Å². The molecule has 0 spiro atoms. The van der Waals surface area contributed by atoms with Crippen LogP contribution in [0.15, 0.2) is 6.20 Å². The summed E-state index contributed by atoms with van der Waals surface area (Å²) >= 11 is 5.90. The molecule has 1 fully saturated rings. The fourth-order valence-corrected chi connectivity index (χ4v) is 2.09. The van der Waals surface area contributed by atoms with Gasteiger partial charge in [-0.15, -0.1) is 0 Å². The predicted octanol–water partition coefficient (Wildman–Crippen LogP) is 1.82. The first-order valence-corrected chi connectivity index (χ1v) is 5.34. The molecule has 0 saturated carbocycles. The second-order valence-corrected chi connectivity index (χ2v) is 4.25. The summed E-state index contributed by atoms with van der Waals surface area (Å²) in [7, 11) is 1.71. The number of hydrogen-bond acceptors (Lipinski definition) is 3. The van der Waals surface area contributed by atoms with E-state index in [1.165, 1.54) is 10.9 Å². The van der Waals surface area contributed by atoms with Gasteiger partial charge in [-0.25, -0.2) is 0 Å². The summed E-state index contributed by atoms with van der Waals surface area (Å²) in [6.07, 6.45) is 2.97. The third kappa shape index (κ3) is 1.92. The quantitative estimate of drug-likeness (QED) is 0.726. The SMILES string of the molecule is CC1CCC(C(=O)c2c(Cl)cnn2C)O1. The summed E-state index contributed by atoms with van der Waals surface area (Å²) in [6.45, 7) is 1.97. The van der Waals surface area contributed by atoms with Crippen LogP contribution in [-0.4, -0.2) is 27.8 Å². The molecule has 1 saturated heterocycles. The molecule has 2 heterocycles. The van der Waals surface area contributed by atoms with Gasteiger partial charge in [0, 0.05) is 7.05 Å². The van der Waals surface area contributed by atoms with Crippen molar-refractivity contribution in [2.45, 2.75) is 32.0 Å². The standard InChI is InChI=1S/C10H13ClN2O2/c1-6-3-4-8(15-6)10(14)9-7(11)5-12-13(9)2/h5-6,8H,3-4H2,1-2H3. The lowest BCUT2D eigenvalue weighted by atomic mass is 10.1. The Bertz CT molecular complexity index is 369. The van der Waals surface area contributed by atoms with E-state index in [4.69, 9.17) is 16.3 Å². The van der Waals surface area contributed by atoms with Gasteiger partial charge in [0.15, 0.2) is 0 Å². The highest BCUT2D eigenvalue weighted by atomic mass is 35.5. The van der Waals surface area contributed by atoms with E-state index in [1.54, 1.807) is 7.05 Å². The highest BCUT2D eigenvalue weighted by molar-refractivity contribution is 6.33. The third-order valence-electron chi connectivity index (χ3n) is 2.65. The largest absolute Gasteiger partial charge is 0.367 e. The molecule has 0 aliphatic carbocycles. The van der Waals surface area contributed by atoms with Crippen molar-refractivity contribution < 1.29 is 9.53 Å². The average molecular weight is 229 g/mol. The van der Waals surface area contributed by atoms with Crippen LogP contribution in [0.2, 0.25) is 5.02 Å². The van der Waals surface area contributed by atoms with E-state index in [2.05, 4.69) is 5.10 Å². The Morgan fingerprint density at radius 3 is 2.87 bits per heavy atom. The molecule has 5 heteroatoms. The number of halogens is 1. The lowest BCUT2D eigenvalue weighted by Gasteiger charge is -2.10. The fourth-order valence-electron chi connectivity index (χ4n) is 1.84. The monoisotopic (exact) mass is 228 g/mol. The lowest BCUT2D eigenvalue weighted by molar-refractivity contribution is 0.0425. The number of ketones is 1. The topological polar surface area (TPSA) is 44.1 Å². The maximum Gasteiger partial charge on any atom is 0.211 e. The van der Waals surface area contributed by atoms with Crippen LogP contribution in [0.5, 0.6) is 0 Å². The number of carbonyl (C=O) groups is 1. The molecular formula is C10H13ClN2O2. The minimum absolute atomic E-state index is 0.0654. The molecule has 2 atom stereocenters. The van der Waals surface area contributed by atoms with Gasteiger partial charge in [-0.1, -0.05) is 11.6 Å². The van der Waals surface area contributed by atoms with Gasteiger partial charge in [0.1, 0.15) is 11.8 Å². The van der Waals surface area contributed by atoms with Crippen molar-refractivity contribution in [2.24, 2.45) is 7.05 Å². The van der Waals surface area contributed by atoms with Crippen LogP contribution < -0.4 is 0 Å². The van der Waals surface area contributed by atoms with Gasteiger partial charge in [0.05, 0.1) is 17.3 Å². The molecular weight excluding hydrogens is 216 g/mol. The molecule has 4 nitrogen and oxygen atoms in total. The zero-order valence-corrected chi connectivity index (χ0v) is 9.49. The maximum absolute atomic E-state index is 12.0. The van der Waals surface area contributed by atoms with E-state index < -0.39 is 0 Å². The minimum atomic E-state index is -0.354. The Kier molecular flexibility index (Phi) is 2.80. The summed E-state index contributed by atoms with van der Waals surface area (Å²) in [5.74, 6) is -0.0654. The summed E-state index contributed by atoms with van der Waals surface area (Å²) in [6, 6.07) is 0. The predicted molar refractivity (Wildman–Crippen MR) is 56.1 cm³/mol. The van der Waals surface area contributed by atoms with Crippen LogP contribution in [0, 0.1) is 0 Å². The summed E-state index contributed by atoms with van der Waals surface area (Å²) in [5, 5.41) is 4.33. The molecule has 0 aromatic carbocycles. The summed E-state index contributed by atoms with van der Waals surface area (Å²) in [4.78, 5) is 12.0. The molecule has 2 unspecified atom stereocenters. The Hall–Kier alpha value is -0.870. The molecule has 1 aliphatic heterocycles. The fraction of sp³-hybridized carbons (Fsp3) is 0.600. The van der Waals surface area contributed by atoms with Gasteiger partial charge in [-0.3, -0.25) is 9.48 Å². The van der Waals surface area contributed by atoms with E-state index in [9.17, 15) is 4.79 Å². The number of rotatable bonds is 2. The number of ether oxygens (including phenoxy) is 1. The van der Waals surface area contributed by atoms with Gasteiger partial charge in [-0.05, 0) is 19.8 Å². The lowest BCUT2D eigenvalue weighted by Crippen LogP contribution is -2.23. The van der Waals surface area contributed by atoms with Gasteiger partial charge in [-0.2, -0.15) is 5.10 Å². The Morgan fingerprint density at radius 2 is 2.40 bits per heavy atom. The van der Waals surface area contributed by atoms with Gasteiger partial charge < -0.3 is 4.74 Å². The molecule has 0 radical (unpaired) electrons. The van der Waals surface area contributed by atoms with Crippen molar-refractivity contribution in [3.8, 4) is 0 Å². The minimum Gasteiger partial charge on any atom is -0.367 e. The second kappa shape index (κ2) is 3.94. The van der Waals surface area contributed by atoms with Crippen molar-refractivity contribution in [1.82, 2.24) is 9.78 Å². The van der Waals surface area contributed by atoms with Crippen LogP contribution in [0.1, 0.15) is 30.3 Å². The Labute approximate surface area is 93.2 Å². The zero-order valence-electron chi connectivity index (χ0n) is 8.74. The van der Waals surface area contributed by atoms with E-state index >= 15 is 0 Å². The van der Waals surface area contributed by atoms with Crippen LogP contribution in [0.3, 0.4) is 0 Å². The molecule has 1 aliphatic rings. The van der Waals surface area contributed by atoms with E-state index in [0.717, 1.165) is 12.8 Å². The van der Waals surface area contributed by atoms with Crippen LogP contribution in [-0.2, 0) is 11.8 Å². The number of aromatic nitrogens is 2. The Balaban J connectivity index is 2.21. The van der Waals surface area contributed by atoms with Crippen LogP contribution >= 0.6 is 11.6 Å². The normalized spacial score (nSPS) is 25.8. The molecule has 15 heavy (non-hydrogen) atoms. The van der Waals surface area contributed by atoms with E-state index in [0.29, 0.717) is 10.7 Å². The van der Waals surface area contributed by atoms with Gasteiger partial charge in [0.25, 0.3) is 0 Å². The molecule has 0 amide bonds. The van der Waals surface area contributed by atoms with Crippen molar-refractivity contribution in [1.29, 1.82) is 0 Å². The zero-order chi connectivity index (χ0) is 11.0. The number of hydrogen-bond donors (Lipinski definition) is 0. The van der Waals surface area contributed by atoms with Crippen molar-refractivity contribution in [3.63, 3.8) is 0 Å². The van der Waals surface area contributed by atoms with Crippen LogP contribution in [0.25, 0.3) is 0 Å². The van der Waals surface area contributed by atoms with Crippen LogP contribution in [0.4, 0.5) is 0 Å². The van der Waals surface area contributed by atoms with Crippen molar-refractivity contribution in [3.05, 3.63) is 16.9 Å². The number of aryl methyl sites for hydroxylation is 1. The number of nitrogens with zero attached hydrogens (tertiary/aromatic N) is 2.